The number of aryl methyl sites for hydroxylation is 1. The van der Waals surface area contributed by atoms with Crippen LogP contribution >= 0.6 is 11.3 Å². The van der Waals surface area contributed by atoms with Crippen LogP contribution in [0.2, 0.25) is 0 Å². The van der Waals surface area contributed by atoms with Crippen LogP contribution in [-0.2, 0) is 0 Å². The zero-order valence-corrected chi connectivity index (χ0v) is 10.8. The predicted molar refractivity (Wildman–Crippen MR) is 75.2 cm³/mol. The molecular formula is C12H10N4O2S. The zero-order chi connectivity index (χ0) is 13.6. The van der Waals surface area contributed by atoms with E-state index in [1.54, 1.807) is 18.3 Å². The summed E-state index contributed by atoms with van der Waals surface area (Å²) in [5.74, 6) is 0. The number of hydrogen-bond donors (Lipinski definition) is 2. The Kier molecular flexibility index (Phi) is 2.49. The number of thiazole rings is 1. The molecule has 1 aromatic carbocycles. The van der Waals surface area contributed by atoms with Gasteiger partial charge in [0.1, 0.15) is 0 Å². The average molecular weight is 274 g/mol. The predicted octanol–water partition coefficient (Wildman–Crippen LogP) is 3.09. The Morgan fingerprint density at radius 1 is 1.47 bits per heavy atom. The lowest BCUT2D eigenvalue weighted by molar-refractivity contribution is -0.383. The first-order valence-electron chi connectivity index (χ1n) is 5.55. The molecule has 0 aliphatic rings. The number of nitro groups is 1. The molecule has 0 radical (unpaired) electrons. The second kappa shape index (κ2) is 4.06. The van der Waals surface area contributed by atoms with Crippen LogP contribution in [0.1, 0.15) is 4.88 Å². The van der Waals surface area contributed by atoms with Crippen molar-refractivity contribution in [1.82, 2.24) is 9.97 Å². The highest BCUT2D eigenvalue weighted by atomic mass is 32.1. The minimum atomic E-state index is -0.384. The average Bonchev–Trinajstić information content (AvgIpc) is 2.91. The summed E-state index contributed by atoms with van der Waals surface area (Å²) in [6.45, 7) is 1.90. The summed E-state index contributed by atoms with van der Waals surface area (Å²) in [5, 5.41) is 12.2. The molecule has 0 aliphatic heterocycles. The van der Waals surface area contributed by atoms with Crippen LogP contribution in [0.15, 0.2) is 24.4 Å². The van der Waals surface area contributed by atoms with Crippen molar-refractivity contribution in [3.8, 4) is 11.3 Å². The van der Waals surface area contributed by atoms with Gasteiger partial charge in [-0.3, -0.25) is 10.1 Å². The number of non-ortho nitro benzene ring substituents is 1. The van der Waals surface area contributed by atoms with Gasteiger partial charge in [0.05, 0.1) is 21.5 Å². The van der Waals surface area contributed by atoms with Crippen molar-refractivity contribution in [3.05, 3.63) is 39.4 Å². The van der Waals surface area contributed by atoms with Gasteiger partial charge in [-0.25, -0.2) is 4.98 Å². The first kappa shape index (κ1) is 11.7. The summed E-state index contributed by atoms with van der Waals surface area (Å²) < 4.78 is 0. The lowest BCUT2D eigenvalue weighted by Gasteiger charge is -1.98. The number of nitro benzene ring substituents is 1. The number of aromatic nitrogens is 2. The smallest absolute Gasteiger partial charge is 0.279 e. The minimum absolute atomic E-state index is 0.0692. The third kappa shape index (κ3) is 1.75. The van der Waals surface area contributed by atoms with Gasteiger partial charge in [-0.2, -0.15) is 0 Å². The zero-order valence-electron chi connectivity index (χ0n) is 10.0. The number of H-pyrrole nitrogens is 1. The molecular weight excluding hydrogens is 264 g/mol. The molecule has 0 fully saturated rings. The number of fused-ring (bicyclic) bond motifs is 1. The van der Waals surface area contributed by atoms with Gasteiger partial charge in [0.2, 0.25) is 0 Å². The molecule has 0 saturated carbocycles. The second-order valence-electron chi connectivity index (χ2n) is 4.12. The van der Waals surface area contributed by atoms with Crippen molar-refractivity contribution in [2.45, 2.75) is 6.92 Å². The molecule has 0 saturated heterocycles. The van der Waals surface area contributed by atoms with Gasteiger partial charge in [0, 0.05) is 22.7 Å². The summed E-state index contributed by atoms with van der Waals surface area (Å²) in [5.41, 5.74) is 7.89. The fourth-order valence-corrected chi connectivity index (χ4v) is 2.87. The molecule has 7 heteroatoms. The third-order valence-electron chi connectivity index (χ3n) is 2.95. The Labute approximate surface area is 112 Å². The van der Waals surface area contributed by atoms with E-state index in [2.05, 4.69) is 9.97 Å². The summed E-state index contributed by atoms with van der Waals surface area (Å²) in [4.78, 5) is 19.0. The Morgan fingerprint density at radius 2 is 2.26 bits per heavy atom. The molecule has 19 heavy (non-hydrogen) atoms. The molecule has 3 N–H and O–H groups in total. The van der Waals surface area contributed by atoms with Crippen LogP contribution < -0.4 is 5.73 Å². The maximum atomic E-state index is 11.1. The molecule has 0 atom stereocenters. The number of nitrogens with two attached hydrogens (primary N) is 1. The van der Waals surface area contributed by atoms with Gasteiger partial charge in [-0.05, 0) is 13.0 Å². The minimum Gasteiger partial charge on any atom is -0.375 e. The van der Waals surface area contributed by atoms with Gasteiger partial charge >= 0.3 is 0 Å². The first-order valence-corrected chi connectivity index (χ1v) is 6.37. The Hall–Kier alpha value is -2.41. The van der Waals surface area contributed by atoms with Gasteiger partial charge < -0.3 is 10.7 Å². The van der Waals surface area contributed by atoms with Gasteiger partial charge in [0.25, 0.3) is 5.69 Å². The fraction of sp³-hybridized carbons (Fsp3) is 0.0833. The maximum Gasteiger partial charge on any atom is 0.279 e. The van der Waals surface area contributed by atoms with Crippen LogP contribution in [0.5, 0.6) is 0 Å². The highest BCUT2D eigenvalue weighted by molar-refractivity contribution is 7.15. The second-order valence-corrected chi connectivity index (χ2v) is 5.35. The van der Waals surface area contributed by atoms with Crippen molar-refractivity contribution in [3.63, 3.8) is 0 Å². The Morgan fingerprint density at radius 3 is 2.89 bits per heavy atom. The van der Waals surface area contributed by atoms with Crippen LogP contribution in [0, 0.1) is 17.0 Å². The third-order valence-corrected chi connectivity index (χ3v) is 3.75. The molecule has 2 heterocycles. The fourth-order valence-electron chi connectivity index (χ4n) is 2.17. The van der Waals surface area contributed by atoms with E-state index in [0.717, 1.165) is 10.4 Å². The summed E-state index contributed by atoms with van der Waals surface area (Å²) >= 11 is 1.37. The number of benzene rings is 1. The van der Waals surface area contributed by atoms with E-state index in [9.17, 15) is 10.1 Å². The number of aromatic amines is 1. The van der Waals surface area contributed by atoms with Crippen molar-refractivity contribution < 1.29 is 4.92 Å². The topological polar surface area (TPSA) is 97.8 Å². The summed E-state index contributed by atoms with van der Waals surface area (Å²) in [6.07, 6.45) is 1.74. The standard InChI is InChI=1S/C12H10N4O2S/c1-6-11(15-12(13)19-6)7-5-14-8-3-2-4-9(10(7)8)16(17)18/h2-5,14H,1H3,(H2,13,15). The van der Waals surface area contributed by atoms with Crippen molar-refractivity contribution in [2.75, 3.05) is 5.73 Å². The molecule has 0 aliphatic carbocycles. The lowest BCUT2D eigenvalue weighted by Crippen LogP contribution is -1.90. The number of nitrogen functional groups attached to an aromatic ring is 1. The SMILES string of the molecule is Cc1sc(N)nc1-c1c[nH]c2cccc([N+](=O)[O-])c12. The number of nitrogens with one attached hydrogen (secondary N) is 1. The van der Waals surface area contributed by atoms with E-state index in [1.807, 2.05) is 6.92 Å². The van der Waals surface area contributed by atoms with Gasteiger partial charge in [0.15, 0.2) is 5.13 Å². The molecule has 96 valence electrons. The monoisotopic (exact) mass is 274 g/mol. The Balaban J connectivity index is 2.36. The maximum absolute atomic E-state index is 11.1. The van der Waals surface area contributed by atoms with Gasteiger partial charge in [-0.15, -0.1) is 11.3 Å². The molecule has 6 nitrogen and oxygen atoms in total. The molecule has 3 rings (SSSR count). The van der Waals surface area contributed by atoms with E-state index in [4.69, 9.17) is 5.73 Å². The molecule has 0 unspecified atom stereocenters. The van der Waals surface area contributed by atoms with Crippen LogP contribution in [0.4, 0.5) is 10.8 Å². The summed E-state index contributed by atoms with van der Waals surface area (Å²) in [6, 6.07) is 4.95. The number of anilines is 1. The lowest BCUT2D eigenvalue weighted by atomic mass is 10.1. The first-order chi connectivity index (χ1) is 9.08. The number of nitrogens with zero attached hydrogens (tertiary/aromatic N) is 2. The molecule has 2 aromatic heterocycles. The molecule has 0 amide bonds. The van der Waals surface area contributed by atoms with E-state index in [0.29, 0.717) is 21.8 Å². The molecule has 0 bridgehead atoms. The quantitative estimate of drug-likeness (QED) is 0.554. The van der Waals surface area contributed by atoms with Crippen LogP contribution in [0.3, 0.4) is 0 Å². The van der Waals surface area contributed by atoms with E-state index in [1.165, 1.54) is 17.4 Å². The van der Waals surface area contributed by atoms with Crippen molar-refractivity contribution >= 4 is 33.1 Å². The molecule has 3 aromatic rings. The normalized spacial score (nSPS) is 11.0. The highest BCUT2D eigenvalue weighted by Gasteiger charge is 2.20. The van der Waals surface area contributed by atoms with Gasteiger partial charge in [-0.1, -0.05) is 6.07 Å². The van der Waals surface area contributed by atoms with Crippen molar-refractivity contribution in [1.29, 1.82) is 0 Å². The van der Waals surface area contributed by atoms with Crippen LogP contribution in [-0.4, -0.2) is 14.9 Å². The highest BCUT2D eigenvalue weighted by Crippen LogP contribution is 2.37. The largest absolute Gasteiger partial charge is 0.375 e. The van der Waals surface area contributed by atoms with E-state index in [-0.39, 0.29) is 10.6 Å². The van der Waals surface area contributed by atoms with Crippen LogP contribution in [0.25, 0.3) is 22.2 Å². The number of rotatable bonds is 2. The van der Waals surface area contributed by atoms with E-state index >= 15 is 0 Å². The van der Waals surface area contributed by atoms with E-state index < -0.39 is 0 Å². The van der Waals surface area contributed by atoms with Crippen molar-refractivity contribution in [2.24, 2.45) is 0 Å². The molecule has 0 spiro atoms. The Bertz CT molecular complexity index is 790. The summed E-state index contributed by atoms with van der Waals surface area (Å²) in [7, 11) is 0. The number of hydrogen-bond acceptors (Lipinski definition) is 5.